The predicted molar refractivity (Wildman–Crippen MR) is 85.3 cm³/mol. The molecule has 0 unspecified atom stereocenters. The second kappa shape index (κ2) is 5.88. The van der Waals surface area contributed by atoms with Gasteiger partial charge in [0.25, 0.3) is 0 Å². The van der Waals surface area contributed by atoms with Crippen LogP contribution >= 0.6 is 15.9 Å². The third kappa shape index (κ3) is 3.17. The van der Waals surface area contributed by atoms with Gasteiger partial charge in [-0.05, 0) is 29.8 Å². The summed E-state index contributed by atoms with van der Waals surface area (Å²) >= 11 is 3.36. The summed E-state index contributed by atoms with van der Waals surface area (Å²) in [5.41, 5.74) is 4.91. The first-order valence-corrected chi connectivity index (χ1v) is 7.05. The molecular weight excluding hydrogens is 332 g/mol. The summed E-state index contributed by atoms with van der Waals surface area (Å²) in [6.07, 6.45) is 1.58. The molecule has 3 aromatic rings. The Hall–Kier alpha value is -2.47. The van der Waals surface area contributed by atoms with Crippen molar-refractivity contribution in [2.45, 2.75) is 0 Å². The number of amides is 1. The van der Waals surface area contributed by atoms with E-state index in [9.17, 15) is 4.79 Å². The molecule has 6 heteroatoms. The summed E-state index contributed by atoms with van der Waals surface area (Å²) in [6.45, 7) is 0. The zero-order chi connectivity index (χ0) is 14.7. The van der Waals surface area contributed by atoms with Crippen molar-refractivity contribution < 1.29 is 4.79 Å². The van der Waals surface area contributed by atoms with Crippen molar-refractivity contribution in [1.82, 2.24) is 15.4 Å². The molecule has 0 aliphatic carbocycles. The first kappa shape index (κ1) is 13.5. The number of halogens is 1. The number of para-hydroxylation sites is 2. The highest BCUT2D eigenvalue weighted by Crippen LogP contribution is 2.10. The molecule has 0 atom stereocenters. The average molecular weight is 343 g/mol. The normalized spacial score (nSPS) is 11.1. The molecule has 3 rings (SSSR count). The van der Waals surface area contributed by atoms with Crippen LogP contribution in [0.15, 0.2) is 58.1 Å². The second-order valence-corrected chi connectivity index (χ2v) is 5.27. The number of nitrogens with zero attached hydrogens (tertiary/aromatic N) is 2. The Labute approximate surface area is 129 Å². The number of imidazole rings is 1. The van der Waals surface area contributed by atoms with E-state index in [1.54, 1.807) is 6.21 Å². The molecule has 21 heavy (non-hydrogen) atoms. The molecule has 0 spiro atoms. The van der Waals surface area contributed by atoms with E-state index in [1.807, 2.05) is 48.5 Å². The van der Waals surface area contributed by atoms with Crippen LogP contribution in [0.25, 0.3) is 11.0 Å². The van der Waals surface area contributed by atoms with Crippen molar-refractivity contribution in [3.63, 3.8) is 0 Å². The third-order valence-corrected chi connectivity index (χ3v) is 3.38. The molecule has 5 nitrogen and oxygen atoms in total. The summed E-state index contributed by atoms with van der Waals surface area (Å²) in [4.78, 5) is 19.1. The Morgan fingerprint density at radius 2 is 1.95 bits per heavy atom. The van der Waals surface area contributed by atoms with E-state index in [2.05, 4.69) is 36.4 Å². The number of hydrogen-bond donors (Lipinski definition) is 2. The van der Waals surface area contributed by atoms with E-state index in [4.69, 9.17) is 0 Å². The van der Waals surface area contributed by atoms with Gasteiger partial charge in [0.2, 0.25) is 0 Å². The highest BCUT2D eigenvalue weighted by Gasteiger charge is 2.09. The molecule has 1 aromatic heterocycles. The van der Waals surface area contributed by atoms with Crippen molar-refractivity contribution >= 4 is 39.1 Å². The van der Waals surface area contributed by atoms with E-state index in [0.29, 0.717) is 0 Å². The average Bonchev–Trinajstić information content (AvgIpc) is 2.93. The zero-order valence-electron chi connectivity index (χ0n) is 10.9. The van der Waals surface area contributed by atoms with Crippen molar-refractivity contribution in [1.29, 1.82) is 0 Å². The van der Waals surface area contributed by atoms with Crippen LogP contribution in [0.4, 0.5) is 0 Å². The Kier molecular flexibility index (Phi) is 3.79. The fourth-order valence-corrected chi connectivity index (χ4v) is 2.09. The molecule has 104 valence electrons. The summed E-state index contributed by atoms with van der Waals surface area (Å²) < 4.78 is 0.992. The van der Waals surface area contributed by atoms with Gasteiger partial charge in [-0.1, -0.05) is 40.2 Å². The van der Waals surface area contributed by atoms with E-state index in [0.717, 1.165) is 21.1 Å². The number of carbonyl (C=O) groups excluding carboxylic acids is 1. The van der Waals surface area contributed by atoms with E-state index in [1.165, 1.54) is 0 Å². The maximum absolute atomic E-state index is 11.9. The molecular formula is C15H11BrN4O. The van der Waals surface area contributed by atoms with Gasteiger partial charge in [-0.2, -0.15) is 5.10 Å². The summed E-state index contributed by atoms with van der Waals surface area (Å²) in [5, 5.41) is 3.92. The highest BCUT2D eigenvalue weighted by atomic mass is 79.9. The number of rotatable bonds is 3. The second-order valence-electron chi connectivity index (χ2n) is 4.35. The summed E-state index contributed by atoms with van der Waals surface area (Å²) in [5.74, 6) is -0.135. The van der Waals surface area contributed by atoms with Gasteiger partial charge in [0.1, 0.15) is 0 Å². The molecule has 0 fully saturated rings. The van der Waals surface area contributed by atoms with Gasteiger partial charge >= 0.3 is 5.91 Å². The van der Waals surface area contributed by atoms with Crippen molar-refractivity contribution in [2.75, 3.05) is 0 Å². The Bertz CT molecular complexity index is 775. The lowest BCUT2D eigenvalue weighted by molar-refractivity contribution is 0.0946. The molecule has 0 radical (unpaired) electrons. The van der Waals surface area contributed by atoms with Crippen LogP contribution in [0, 0.1) is 0 Å². The summed E-state index contributed by atoms with van der Waals surface area (Å²) in [7, 11) is 0. The fourth-order valence-electron chi connectivity index (χ4n) is 1.83. The number of nitrogens with one attached hydrogen (secondary N) is 2. The SMILES string of the molecule is O=C(N/N=C/c1ccc(Br)cc1)c1nc2ccccc2[nH]1. The Balaban J connectivity index is 1.70. The minimum atomic E-state index is -0.375. The Morgan fingerprint density at radius 3 is 2.71 bits per heavy atom. The van der Waals surface area contributed by atoms with Crippen LogP contribution < -0.4 is 5.43 Å². The van der Waals surface area contributed by atoms with Crippen LogP contribution in [0.3, 0.4) is 0 Å². The number of hydrazone groups is 1. The van der Waals surface area contributed by atoms with Gasteiger partial charge in [-0.3, -0.25) is 4.79 Å². The molecule has 1 heterocycles. The number of H-pyrrole nitrogens is 1. The van der Waals surface area contributed by atoms with Crippen LogP contribution in [0.2, 0.25) is 0 Å². The van der Waals surface area contributed by atoms with Gasteiger partial charge in [-0.25, -0.2) is 10.4 Å². The van der Waals surface area contributed by atoms with Crippen LogP contribution in [-0.4, -0.2) is 22.1 Å². The first-order chi connectivity index (χ1) is 10.2. The van der Waals surface area contributed by atoms with E-state index < -0.39 is 0 Å². The van der Waals surface area contributed by atoms with Crippen molar-refractivity contribution in [2.24, 2.45) is 5.10 Å². The molecule has 0 bridgehead atoms. The van der Waals surface area contributed by atoms with Crippen molar-refractivity contribution in [3.8, 4) is 0 Å². The van der Waals surface area contributed by atoms with E-state index >= 15 is 0 Å². The smallest absolute Gasteiger partial charge is 0.307 e. The lowest BCUT2D eigenvalue weighted by Gasteiger charge is -1.96. The largest absolute Gasteiger partial charge is 0.334 e. The van der Waals surface area contributed by atoms with Crippen molar-refractivity contribution in [3.05, 3.63) is 64.4 Å². The molecule has 0 aliphatic rings. The molecule has 0 saturated heterocycles. The van der Waals surface area contributed by atoms with E-state index in [-0.39, 0.29) is 11.7 Å². The third-order valence-electron chi connectivity index (χ3n) is 2.85. The maximum atomic E-state index is 11.9. The number of aromatic amines is 1. The van der Waals surface area contributed by atoms with Crippen LogP contribution in [0.5, 0.6) is 0 Å². The van der Waals surface area contributed by atoms with Crippen LogP contribution in [-0.2, 0) is 0 Å². The lowest BCUT2D eigenvalue weighted by Crippen LogP contribution is -2.19. The summed E-state index contributed by atoms with van der Waals surface area (Å²) in [6, 6.07) is 15.1. The number of aromatic nitrogens is 2. The maximum Gasteiger partial charge on any atom is 0.307 e. The monoisotopic (exact) mass is 342 g/mol. The number of hydrogen-bond acceptors (Lipinski definition) is 3. The topological polar surface area (TPSA) is 70.1 Å². The predicted octanol–water partition coefficient (Wildman–Crippen LogP) is 3.09. The molecule has 2 N–H and O–H groups in total. The minimum absolute atomic E-state index is 0.240. The van der Waals surface area contributed by atoms with Gasteiger partial charge in [0.15, 0.2) is 5.82 Å². The number of benzene rings is 2. The molecule has 2 aromatic carbocycles. The highest BCUT2D eigenvalue weighted by molar-refractivity contribution is 9.10. The lowest BCUT2D eigenvalue weighted by atomic mass is 10.2. The van der Waals surface area contributed by atoms with Gasteiger partial charge in [0, 0.05) is 4.47 Å². The van der Waals surface area contributed by atoms with Gasteiger partial charge < -0.3 is 4.98 Å². The molecule has 0 aliphatic heterocycles. The molecule has 0 saturated carbocycles. The first-order valence-electron chi connectivity index (χ1n) is 6.26. The molecule has 1 amide bonds. The Morgan fingerprint density at radius 1 is 1.19 bits per heavy atom. The quantitative estimate of drug-likeness (QED) is 0.567. The zero-order valence-corrected chi connectivity index (χ0v) is 12.5. The van der Waals surface area contributed by atoms with Crippen LogP contribution in [0.1, 0.15) is 16.2 Å². The van der Waals surface area contributed by atoms with Gasteiger partial charge in [0.05, 0.1) is 17.2 Å². The minimum Gasteiger partial charge on any atom is -0.334 e. The number of carbonyl (C=O) groups is 1. The fraction of sp³-hybridized carbons (Fsp3) is 0. The van der Waals surface area contributed by atoms with Gasteiger partial charge in [-0.15, -0.1) is 0 Å². The standard InChI is InChI=1S/C15H11BrN4O/c16-11-7-5-10(6-8-11)9-17-20-15(21)14-18-12-3-1-2-4-13(12)19-14/h1-9H,(H,18,19)(H,20,21)/b17-9+. The number of fused-ring (bicyclic) bond motifs is 1.